The maximum Gasteiger partial charge on any atom is 0.194 e. The summed E-state index contributed by atoms with van der Waals surface area (Å²) in [4.78, 5) is 0. The zero-order valence-electron chi connectivity index (χ0n) is 32.4. The maximum absolute atomic E-state index is 7.10. The Labute approximate surface area is 281 Å². The van der Waals surface area contributed by atoms with Crippen LogP contribution in [0.15, 0.2) is 34.9 Å². The van der Waals surface area contributed by atoms with Crippen LogP contribution in [0.25, 0.3) is 0 Å². The van der Waals surface area contributed by atoms with E-state index in [1.165, 1.54) is 32.1 Å². The van der Waals surface area contributed by atoms with Crippen molar-refractivity contribution < 1.29 is 8.85 Å². The molecule has 0 aromatic heterocycles. The standard InChI is InChI=1S/C41H70O2Si2/c1-29(2)39(9,10)45(15,16)42-32-23-26-40(11)31(28-32)19-20-33-35-22-21-34(41(35,12)27-24-36(33)40)30(3)18-17-25-38(7,8)43-44(13,14)37(4,5)6/h19-21,29-30,32,35-36H,18,22-24,26-28H2,1-16H3/t30-,32?,35+,36+,40+,41-/m1/s1. The van der Waals surface area contributed by atoms with Crippen molar-refractivity contribution in [2.75, 3.05) is 0 Å². The first-order valence-corrected chi connectivity index (χ1v) is 24.2. The van der Waals surface area contributed by atoms with E-state index in [4.69, 9.17) is 8.85 Å². The van der Waals surface area contributed by atoms with Crippen molar-refractivity contribution in [2.45, 2.75) is 176 Å². The van der Waals surface area contributed by atoms with Crippen LogP contribution in [-0.4, -0.2) is 28.3 Å². The largest absolute Gasteiger partial charge is 0.414 e. The average molecular weight is 651 g/mol. The molecule has 6 atom stereocenters. The van der Waals surface area contributed by atoms with E-state index in [1.807, 2.05) is 0 Å². The second kappa shape index (κ2) is 12.2. The molecule has 4 aliphatic carbocycles. The van der Waals surface area contributed by atoms with Crippen LogP contribution in [0.1, 0.15) is 128 Å². The molecule has 45 heavy (non-hydrogen) atoms. The zero-order valence-corrected chi connectivity index (χ0v) is 34.4. The fourth-order valence-corrected chi connectivity index (χ4v) is 13.4. The second-order valence-corrected chi connectivity index (χ2v) is 28.7. The van der Waals surface area contributed by atoms with Crippen molar-refractivity contribution in [3.05, 3.63) is 34.9 Å². The van der Waals surface area contributed by atoms with Crippen LogP contribution in [0.2, 0.25) is 36.3 Å². The van der Waals surface area contributed by atoms with Gasteiger partial charge in [0.15, 0.2) is 16.6 Å². The molecule has 0 saturated heterocycles. The van der Waals surface area contributed by atoms with E-state index in [0.717, 1.165) is 12.8 Å². The number of hydrogen-bond acceptors (Lipinski definition) is 2. The van der Waals surface area contributed by atoms with Gasteiger partial charge in [-0.1, -0.05) is 116 Å². The fourth-order valence-electron chi connectivity index (χ4n) is 9.06. The van der Waals surface area contributed by atoms with Crippen molar-refractivity contribution in [3.8, 4) is 11.8 Å². The molecule has 4 rings (SSSR count). The minimum absolute atomic E-state index is 0.188. The Bertz CT molecular complexity index is 1280. The lowest BCUT2D eigenvalue weighted by atomic mass is 9.50. The van der Waals surface area contributed by atoms with Crippen LogP contribution >= 0.6 is 0 Å². The Balaban J connectivity index is 1.46. The Morgan fingerprint density at radius 3 is 2.09 bits per heavy atom. The Morgan fingerprint density at radius 1 is 0.867 bits per heavy atom. The molecule has 4 heteroatoms. The van der Waals surface area contributed by atoms with Crippen molar-refractivity contribution in [1.82, 2.24) is 0 Å². The molecule has 254 valence electrons. The highest BCUT2D eigenvalue weighted by atomic mass is 28.4. The molecule has 1 unspecified atom stereocenters. The predicted molar refractivity (Wildman–Crippen MR) is 200 cm³/mol. The second-order valence-electron chi connectivity index (χ2n) is 19.4. The number of fused-ring (bicyclic) bond motifs is 5. The summed E-state index contributed by atoms with van der Waals surface area (Å²) in [5.41, 5.74) is 5.23. The van der Waals surface area contributed by atoms with Gasteiger partial charge in [0.25, 0.3) is 0 Å². The lowest BCUT2D eigenvalue weighted by Gasteiger charge is -2.55. The van der Waals surface area contributed by atoms with Crippen molar-refractivity contribution >= 4 is 16.6 Å². The van der Waals surface area contributed by atoms with E-state index in [-0.39, 0.29) is 15.5 Å². The molecule has 0 aliphatic heterocycles. The average Bonchev–Trinajstić information content (AvgIpc) is 3.24. The molecule has 2 saturated carbocycles. The highest BCUT2D eigenvalue weighted by Crippen LogP contribution is 2.64. The summed E-state index contributed by atoms with van der Waals surface area (Å²) >= 11 is 0. The van der Waals surface area contributed by atoms with E-state index >= 15 is 0 Å². The van der Waals surface area contributed by atoms with Crippen LogP contribution in [0, 0.1) is 46.3 Å². The molecule has 4 aliphatic rings. The summed E-state index contributed by atoms with van der Waals surface area (Å²) in [7, 11) is -3.72. The highest BCUT2D eigenvalue weighted by Gasteiger charge is 2.55. The van der Waals surface area contributed by atoms with Gasteiger partial charge in [0.1, 0.15) is 5.60 Å². The molecular formula is C41H70O2Si2. The van der Waals surface area contributed by atoms with Gasteiger partial charge in [-0.15, -0.1) is 0 Å². The van der Waals surface area contributed by atoms with Gasteiger partial charge in [-0.2, -0.15) is 0 Å². The molecule has 0 heterocycles. The molecule has 0 bridgehead atoms. The predicted octanol–water partition coefficient (Wildman–Crippen LogP) is 12.3. The van der Waals surface area contributed by atoms with E-state index in [1.54, 1.807) is 16.7 Å². The third kappa shape index (κ3) is 6.86. The molecule has 0 aromatic rings. The quantitative estimate of drug-likeness (QED) is 0.148. The van der Waals surface area contributed by atoms with Gasteiger partial charge >= 0.3 is 0 Å². The Hall–Kier alpha value is -0.866. The molecule has 0 spiro atoms. The highest BCUT2D eigenvalue weighted by molar-refractivity contribution is 6.74. The lowest BCUT2D eigenvalue weighted by molar-refractivity contribution is 0.0646. The summed E-state index contributed by atoms with van der Waals surface area (Å²) < 4.78 is 13.8. The number of allylic oxidation sites excluding steroid dienone is 5. The van der Waals surface area contributed by atoms with Crippen LogP contribution in [0.5, 0.6) is 0 Å². The number of hydrogen-bond donors (Lipinski definition) is 0. The van der Waals surface area contributed by atoms with Gasteiger partial charge < -0.3 is 8.85 Å². The van der Waals surface area contributed by atoms with Crippen molar-refractivity contribution in [1.29, 1.82) is 0 Å². The SMILES string of the molecule is CC(C)C(C)(C)[Si](C)(C)OC1CC[C@@]2(C)C(=CC=C3[C@@H]2CC[C@]2(C)C([C@H](C)CC#CC(C)(C)O[Si](C)(C)C(C)(C)C)=CC[C@@H]32)C1. The fraction of sp³-hybridized carbons (Fsp3) is 0.805. The monoisotopic (exact) mass is 650 g/mol. The van der Waals surface area contributed by atoms with Gasteiger partial charge in [-0.05, 0) is 123 Å². The molecule has 0 radical (unpaired) electrons. The molecule has 0 N–H and O–H groups in total. The zero-order chi connectivity index (χ0) is 34.0. The molecule has 0 amide bonds. The lowest BCUT2D eigenvalue weighted by Crippen LogP contribution is -2.50. The molecular weight excluding hydrogens is 581 g/mol. The first-order valence-electron chi connectivity index (χ1n) is 18.4. The molecule has 2 fully saturated rings. The Morgan fingerprint density at radius 2 is 1.49 bits per heavy atom. The summed E-state index contributed by atoms with van der Waals surface area (Å²) in [6.45, 7) is 38.0. The minimum atomic E-state index is -1.87. The van der Waals surface area contributed by atoms with E-state index in [9.17, 15) is 0 Å². The van der Waals surface area contributed by atoms with Crippen LogP contribution in [-0.2, 0) is 8.85 Å². The Kier molecular flexibility index (Phi) is 10.0. The van der Waals surface area contributed by atoms with Gasteiger partial charge in [0, 0.05) is 12.5 Å². The summed E-state index contributed by atoms with van der Waals surface area (Å²) in [6.07, 6.45) is 16.4. The maximum atomic E-state index is 7.10. The smallest absolute Gasteiger partial charge is 0.194 e. The van der Waals surface area contributed by atoms with Gasteiger partial charge in [-0.25, -0.2) is 0 Å². The van der Waals surface area contributed by atoms with Gasteiger partial charge in [-0.3, -0.25) is 0 Å². The molecule has 0 aromatic carbocycles. The summed E-state index contributed by atoms with van der Waals surface area (Å²) in [6, 6.07) is 0. The summed E-state index contributed by atoms with van der Waals surface area (Å²) in [5.74, 6) is 9.59. The third-order valence-corrected chi connectivity index (χ3v) is 23.5. The van der Waals surface area contributed by atoms with Crippen LogP contribution in [0.3, 0.4) is 0 Å². The summed E-state index contributed by atoms with van der Waals surface area (Å²) in [5, 5.41) is 0.452. The van der Waals surface area contributed by atoms with E-state index < -0.39 is 22.2 Å². The topological polar surface area (TPSA) is 18.5 Å². The third-order valence-electron chi connectivity index (χ3n) is 14.3. The van der Waals surface area contributed by atoms with Crippen molar-refractivity contribution in [3.63, 3.8) is 0 Å². The normalized spacial score (nSPS) is 31.6. The van der Waals surface area contributed by atoms with Crippen LogP contribution in [0.4, 0.5) is 0 Å². The number of rotatable bonds is 8. The van der Waals surface area contributed by atoms with Gasteiger partial charge in [0.2, 0.25) is 0 Å². The first kappa shape index (κ1) is 37.0. The van der Waals surface area contributed by atoms with Crippen molar-refractivity contribution in [2.24, 2.45) is 34.5 Å². The molecule has 2 nitrogen and oxygen atoms in total. The minimum Gasteiger partial charge on any atom is -0.414 e. The first-order chi connectivity index (χ1) is 20.4. The van der Waals surface area contributed by atoms with Crippen LogP contribution < -0.4 is 0 Å². The van der Waals surface area contributed by atoms with E-state index in [0.29, 0.717) is 35.2 Å². The van der Waals surface area contributed by atoms with E-state index in [2.05, 4.69) is 139 Å². The van der Waals surface area contributed by atoms with Gasteiger partial charge in [0.05, 0.1) is 0 Å².